The molecular weight excluding hydrogens is 350 g/mol. The number of hydrogen-bond donors (Lipinski definition) is 3. The average molecular weight is 366 g/mol. The van der Waals surface area contributed by atoms with Crippen LogP contribution < -0.4 is 16.4 Å². The smallest absolute Gasteiger partial charge is 0.316 e. The highest BCUT2D eigenvalue weighted by molar-refractivity contribution is 9.11. The molecule has 0 bridgehead atoms. The Kier molecular flexibility index (Phi) is 4.17. The van der Waals surface area contributed by atoms with Crippen molar-refractivity contribution in [2.24, 2.45) is 5.73 Å². The molecule has 21 heavy (non-hydrogen) atoms. The summed E-state index contributed by atoms with van der Waals surface area (Å²) in [5.41, 5.74) is 8.25. The Morgan fingerprint density at radius 2 is 2.00 bits per heavy atom. The van der Waals surface area contributed by atoms with Crippen molar-refractivity contribution in [2.75, 3.05) is 10.6 Å². The Balaban J connectivity index is 1.74. The maximum Gasteiger partial charge on any atom is 0.316 e. The molecule has 6 heteroatoms. The van der Waals surface area contributed by atoms with Crippen LogP contribution in [-0.4, -0.2) is 6.03 Å². The lowest BCUT2D eigenvalue weighted by atomic mass is 9.94. The van der Waals surface area contributed by atoms with Crippen LogP contribution in [0, 0.1) is 0 Å². The third-order valence-electron chi connectivity index (χ3n) is 3.58. The maximum atomic E-state index is 10.8. The Morgan fingerprint density at radius 3 is 2.71 bits per heavy atom. The van der Waals surface area contributed by atoms with Crippen LogP contribution >= 0.6 is 27.3 Å². The van der Waals surface area contributed by atoms with E-state index in [0.717, 1.165) is 12.1 Å². The first kappa shape index (κ1) is 14.4. The van der Waals surface area contributed by atoms with E-state index in [4.69, 9.17) is 5.73 Å². The molecule has 2 aromatic rings. The van der Waals surface area contributed by atoms with Crippen LogP contribution in [-0.2, 0) is 6.42 Å². The zero-order valence-electron chi connectivity index (χ0n) is 11.4. The number of carbonyl (C=O) groups is 1. The number of primary amides is 1. The van der Waals surface area contributed by atoms with Crippen LogP contribution in [0.15, 0.2) is 34.1 Å². The Morgan fingerprint density at radius 1 is 1.29 bits per heavy atom. The summed E-state index contributed by atoms with van der Waals surface area (Å²) in [5.74, 6) is 0. The number of anilines is 2. The van der Waals surface area contributed by atoms with Gasteiger partial charge in [0, 0.05) is 16.3 Å². The number of rotatable bonds is 3. The molecule has 4 nitrogen and oxygen atoms in total. The van der Waals surface area contributed by atoms with Crippen LogP contribution in [0.3, 0.4) is 0 Å². The van der Waals surface area contributed by atoms with E-state index >= 15 is 0 Å². The summed E-state index contributed by atoms with van der Waals surface area (Å²) >= 11 is 5.41. The first-order valence-electron chi connectivity index (χ1n) is 6.83. The maximum absolute atomic E-state index is 10.8. The predicted octanol–water partition coefficient (Wildman–Crippen LogP) is 4.49. The molecular formula is C15H16BrN3OS. The fourth-order valence-corrected chi connectivity index (χ4v) is 4.48. The van der Waals surface area contributed by atoms with E-state index in [2.05, 4.69) is 32.6 Å². The normalized spacial score (nSPS) is 17.1. The fraction of sp³-hybridized carbons (Fsp3) is 0.267. The molecule has 4 N–H and O–H groups in total. The predicted molar refractivity (Wildman–Crippen MR) is 91.0 cm³/mol. The molecule has 3 rings (SSSR count). The molecule has 0 spiro atoms. The SMILES string of the molecule is NC(=O)Nc1ccc(NC2CCCc3sc(Br)cc32)cc1. The second-order valence-electron chi connectivity index (χ2n) is 5.08. The lowest BCUT2D eigenvalue weighted by Crippen LogP contribution is -2.19. The van der Waals surface area contributed by atoms with Gasteiger partial charge in [0.25, 0.3) is 0 Å². The third kappa shape index (κ3) is 3.39. The van der Waals surface area contributed by atoms with Crippen molar-refractivity contribution in [3.8, 4) is 0 Å². The van der Waals surface area contributed by atoms with Crippen LogP contribution in [0.1, 0.15) is 29.3 Å². The van der Waals surface area contributed by atoms with Crippen molar-refractivity contribution in [1.82, 2.24) is 0 Å². The van der Waals surface area contributed by atoms with Crippen LogP contribution in [0.2, 0.25) is 0 Å². The van der Waals surface area contributed by atoms with E-state index in [0.29, 0.717) is 11.7 Å². The number of benzene rings is 1. The van der Waals surface area contributed by atoms with Gasteiger partial charge in [-0.2, -0.15) is 0 Å². The molecule has 1 heterocycles. The molecule has 1 aromatic heterocycles. The topological polar surface area (TPSA) is 67.2 Å². The number of urea groups is 1. The number of carbonyl (C=O) groups excluding carboxylic acids is 1. The van der Waals surface area contributed by atoms with Crippen molar-refractivity contribution in [2.45, 2.75) is 25.3 Å². The van der Waals surface area contributed by atoms with Gasteiger partial charge < -0.3 is 16.4 Å². The summed E-state index contributed by atoms with van der Waals surface area (Å²) in [6.45, 7) is 0. The molecule has 1 aliphatic carbocycles. The Bertz CT molecular complexity index is 653. The summed E-state index contributed by atoms with van der Waals surface area (Å²) in [7, 11) is 0. The highest BCUT2D eigenvalue weighted by atomic mass is 79.9. The van der Waals surface area contributed by atoms with Crippen LogP contribution in [0.5, 0.6) is 0 Å². The summed E-state index contributed by atoms with van der Waals surface area (Å²) in [4.78, 5) is 12.3. The van der Waals surface area contributed by atoms with Crippen molar-refractivity contribution in [3.05, 3.63) is 44.6 Å². The van der Waals surface area contributed by atoms with Crippen LogP contribution in [0.25, 0.3) is 0 Å². The number of halogens is 1. The molecule has 0 saturated heterocycles. The number of hydrogen-bond acceptors (Lipinski definition) is 3. The lowest BCUT2D eigenvalue weighted by molar-refractivity contribution is 0.259. The van der Waals surface area contributed by atoms with Gasteiger partial charge in [-0.3, -0.25) is 0 Å². The molecule has 0 fully saturated rings. The second-order valence-corrected chi connectivity index (χ2v) is 7.60. The van der Waals surface area contributed by atoms with E-state index in [1.54, 1.807) is 0 Å². The summed E-state index contributed by atoms with van der Waals surface area (Å²) in [6, 6.07) is 9.64. The first-order valence-corrected chi connectivity index (χ1v) is 8.44. The average Bonchev–Trinajstić information content (AvgIpc) is 2.82. The van der Waals surface area contributed by atoms with Gasteiger partial charge in [0.05, 0.1) is 9.83 Å². The molecule has 1 atom stereocenters. The molecule has 1 aliphatic rings. The largest absolute Gasteiger partial charge is 0.378 e. The minimum absolute atomic E-state index is 0.353. The minimum atomic E-state index is -0.546. The number of amides is 2. The Hall–Kier alpha value is -1.53. The zero-order valence-corrected chi connectivity index (χ0v) is 13.8. The summed E-state index contributed by atoms with van der Waals surface area (Å²) in [5, 5.41) is 6.13. The highest BCUT2D eigenvalue weighted by Crippen LogP contribution is 2.39. The number of nitrogens with two attached hydrogens (primary N) is 1. The molecule has 1 aromatic carbocycles. The number of thiophene rings is 1. The fourth-order valence-electron chi connectivity index (χ4n) is 2.66. The van der Waals surface area contributed by atoms with E-state index < -0.39 is 6.03 Å². The van der Waals surface area contributed by atoms with Gasteiger partial charge in [0.1, 0.15) is 0 Å². The number of aryl methyl sites for hydroxylation is 1. The molecule has 110 valence electrons. The minimum Gasteiger partial charge on any atom is -0.378 e. The first-order chi connectivity index (χ1) is 10.1. The van der Waals surface area contributed by atoms with Crippen molar-refractivity contribution in [1.29, 1.82) is 0 Å². The van der Waals surface area contributed by atoms with Gasteiger partial charge in [0.2, 0.25) is 0 Å². The third-order valence-corrected chi connectivity index (χ3v) is 5.29. The standard InChI is InChI=1S/C15H16BrN3OS/c16-14-8-11-12(2-1-3-13(11)21-14)18-9-4-6-10(7-5-9)19-15(17)20/h4-8,12,18H,1-3H2,(H3,17,19,20). The van der Waals surface area contributed by atoms with Crippen molar-refractivity contribution >= 4 is 44.7 Å². The van der Waals surface area contributed by atoms with Gasteiger partial charge in [0.15, 0.2) is 0 Å². The van der Waals surface area contributed by atoms with E-state index in [-0.39, 0.29) is 0 Å². The zero-order chi connectivity index (χ0) is 14.8. The molecule has 0 radical (unpaired) electrons. The summed E-state index contributed by atoms with van der Waals surface area (Å²) < 4.78 is 1.20. The van der Waals surface area contributed by atoms with E-state index in [9.17, 15) is 4.79 Å². The van der Waals surface area contributed by atoms with Gasteiger partial charge in [-0.05, 0) is 71.1 Å². The van der Waals surface area contributed by atoms with Gasteiger partial charge in [-0.25, -0.2) is 4.79 Å². The lowest BCUT2D eigenvalue weighted by Gasteiger charge is -2.24. The molecule has 0 saturated carbocycles. The van der Waals surface area contributed by atoms with Gasteiger partial charge >= 0.3 is 6.03 Å². The van der Waals surface area contributed by atoms with Gasteiger partial charge in [-0.15, -0.1) is 11.3 Å². The quantitative estimate of drug-likeness (QED) is 0.749. The number of fused-ring (bicyclic) bond motifs is 1. The van der Waals surface area contributed by atoms with Crippen molar-refractivity contribution in [3.63, 3.8) is 0 Å². The molecule has 0 aliphatic heterocycles. The summed E-state index contributed by atoms with van der Waals surface area (Å²) in [6.07, 6.45) is 3.52. The number of nitrogens with one attached hydrogen (secondary N) is 2. The van der Waals surface area contributed by atoms with E-state index in [1.165, 1.54) is 27.1 Å². The van der Waals surface area contributed by atoms with Crippen molar-refractivity contribution < 1.29 is 4.79 Å². The highest BCUT2D eigenvalue weighted by Gasteiger charge is 2.22. The van der Waals surface area contributed by atoms with E-state index in [1.807, 2.05) is 35.6 Å². The van der Waals surface area contributed by atoms with Crippen LogP contribution in [0.4, 0.5) is 16.2 Å². The van der Waals surface area contributed by atoms with Gasteiger partial charge in [-0.1, -0.05) is 0 Å². The monoisotopic (exact) mass is 365 g/mol. The Labute approximate surface area is 135 Å². The molecule has 2 amide bonds. The second kappa shape index (κ2) is 6.07. The molecule has 1 unspecified atom stereocenters.